The first-order valence-electron chi connectivity index (χ1n) is 10.2. The van der Waals surface area contributed by atoms with Crippen molar-refractivity contribution in [2.24, 2.45) is 0 Å². The molecule has 1 N–H and O–H groups in total. The molecule has 0 bridgehead atoms. The van der Waals surface area contributed by atoms with Crippen LogP contribution in [0.1, 0.15) is 49.4 Å². The molecular formula is C25H27NO2. The van der Waals surface area contributed by atoms with Crippen molar-refractivity contribution in [3.05, 3.63) is 77.4 Å². The first-order valence-corrected chi connectivity index (χ1v) is 10.2. The Labute approximate surface area is 166 Å². The van der Waals surface area contributed by atoms with Crippen LogP contribution < -0.4 is 10.1 Å². The molecule has 0 radical (unpaired) electrons. The van der Waals surface area contributed by atoms with Crippen molar-refractivity contribution < 1.29 is 9.53 Å². The molecule has 3 aromatic rings. The second-order valence-electron chi connectivity index (χ2n) is 7.73. The van der Waals surface area contributed by atoms with Gasteiger partial charge in [0.2, 0.25) is 0 Å². The molecule has 2 atom stereocenters. The van der Waals surface area contributed by atoms with E-state index in [1.54, 1.807) is 6.92 Å². The average molecular weight is 373 g/mol. The number of carbonyl (C=O) groups excluding carboxylic acids is 1. The van der Waals surface area contributed by atoms with E-state index in [4.69, 9.17) is 4.74 Å². The van der Waals surface area contributed by atoms with E-state index in [-0.39, 0.29) is 11.9 Å². The zero-order chi connectivity index (χ0) is 19.5. The molecule has 4 rings (SSSR count). The fourth-order valence-electron chi connectivity index (χ4n) is 3.94. The lowest BCUT2D eigenvalue weighted by Gasteiger charge is -2.22. The van der Waals surface area contributed by atoms with Gasteiger partial charge in [0.1, 0.15) is 5.75 Å². The van der Waals surface area contributed by atoms with Crippen molar-refractivity contribution in [2.45, 2.75) is 51.7 Å². The van der Waals surface area contributed by atoms with Crippen molar-refractivity contribution in [1.82, 2.24) is 5.32 Å². The van der Waals surface area contributed by atoms with Crippen molar-refractivity contribution >= 4 is 16.7 Å². The van der Waals surface area contributed by atoms with E-state index in [1.807, 2.05) is 43.3 Å². The fourth-order valence-corrected chi connectivity index (χ4v) is 3.94. The Morgan fingerprint density at radius 1 is 0.893 bits per heavy atom. The summed E-state index contributed by atoms with van der Waals surface area (Å²) in [5, 5.41) is 5.36. The molecule has 3 aromatic carbocycles. The van der Waals surface area contributed by atoms with Crippen LogP contribution in [0.25, 0.3) is 10.8 Å². The van der Waals surface area contributed by atoms with Gasteiger partial charge in [-0.25, -0.2) is 0 Å². The standard InChI is InChI=1S/C25H27NO2/c1-17(21-12-11-19-7-3-5-9-22(19)15-21)26-25(27)18(2)28-24-14-13-20-8-4-6-10-23(20)16-24/h4,6,8,10-18H,3,5,7,9H2,1-2H3,(H,26,27)/t17-,18+/m1/s1. The van der Waals surface area contributed by atoms with E-state index in [2.05, 4.69) is 29.6 Å². The van der Waals surface area contributed by atoms with Gasteiger partial charge in [0, 0.05) is 0 Å². The van der Waals surface area contributed by atoms with Crippen LogP contribution in [0.3, 0.4) is 0 Å². The molecule has 144 valence electrons. The average Bonchev–Trinajstić information content (AvgIpc) is 2.73. The molecule has 1 aliphatic carbocycles. The summed E-state index contributed by atoms with van der Waals surface area (Å²) >= 11 is 0. The molecule has 3 heteroatoms. The number of nitrogens with one attached hydrogen (secondary N) is 1. The second kappa shape index (κ2) is 8.05. The monoisotopic (exact) mass is 373 g/mol. The van der Waals surface area contributed by atoms with Crippen LogP contribution in [-0.4, -0.2) is 12.0 Å². The van der Waals surface area contributed by atoms with E-state index < -0.39 is 6.10 Å². The third-order valence-electron chi connectivity index (χ3n) is 5.63. The second-order valence-corrected chi connectivity index (χ2v) is 7.73. The SMILES string of the molecule is C[C@H](Oc1ccc2ccccc2c1)C(=O)N[C@H](C)c1ccc2c(c1)CCCC2. The number of amides is 1. The van der Waals surface area contributed by atoms with Gasteiger partial charge in [-0.2, -0.15) is 0 Å². The summed E-state index contributed by atoms with van der Waals surface area (Å²) in [6.07, 6.45) is 4.30. The highest BCUT2D eigenvalue weighted by Crippen LogP contribution is 2.25. The Bertz CT molecular complexity index is 995. The topological polar surface area (TPSA) is 38.3 Å². The Balaban J connectivity index is 1.40. The van der Waals surface area contributed by atoms with Gasteiger partial charge >= 0.3 is 0 Å². The van der Waals surface area contributed by atoms with Crippen molar-refractivity contribution in [3.8, 4) is 5.75 Å². The van der Waals surface area contributed by atoms with Crippen LogP contribution >= 0.6 is 0 Å². The smallest absolute Gasteiger partial charge is 0.261 e. The van der Waals surface area contributed by atoms with Gasteiger partial charge in [-0.05, 0) is 79.1 Å². The fraction of sp³-hybridized carbons (Fsp3) is 0.320. The van der Waals surface area contributed by atoms with E-state index in [1.165, 1.54) is 30.4 Å². The van der Waals surface area contributed by atoms with Gasteiger partial charge < -0.3 is 10.1 Å². The van der Waals surface area contributed by atoms with Crippen LogP contribution in [0.4, 0.5) is 0 Å². The molecule has 0 heterocycles. The maximum atomic E-state index is 12.6. The summed E-state index contributed by atoms with van der Waals surface area (Å²) in [6.45, 7) is 3.83. The van der Waals surface area contributed by atoms with Crippen LogP contribution in [0, 0.1) is 0 Å². The lowest BCUT2D eigenvalue weighted by Crippen LogP contribution is -2.37. The Kier molecular flexibility index (Phi) is 5.34. The molecular weight excluding hydrogens is 346 g/mol. The number of carbonyl (C=O) groups is 1. The van der Waals surface area contributed by atoms with E-state index in [9.17, 15) is 4.79 Å². The lowest BCUT2D eigenvalue weighted by atomic mass is 9.89. The van der Waals surface area contributed by atoms with E-state index >= 15 is 0 Å². The summed E-state index contributed by atoms with van der Waals surface area (Å²) in [6, 6.07) is 20.6. The van der Waals surface area contributed by atoms with Gasteiger partial charge in [-0.3, -0.25) is 4.79 Å². The normalized spacial score (nSPS) is 15.5. The molecule has 0 aliphatic heterocycles. The Hall–Kier alpha value is -2.81. The quantitative estimate of drug-likeness (QED) is 0.653. The van der Waals surface area contributed by atoms with Crippen LogP contribution in [0.2, 0.25) is 0 Å². The Morgan fingerprint density at radius 2 is 1.64 bits per heavy atom. The molecule has 0 aromatic heterocycles. The zero-order valence-electron chi connectivity index (χ0n) is 16.6. The van der Waals surface area contributed by atoms with Gasteiger partial charge in [-0.15, -0.1) is 0 Å². The lowest BCUT2D eigenvalue weighted by molar-refractivity contribution is -0.127. The highest BCUT2D eigenvalue weighted by molar-refractivity contribution is 5.84. The minimum atomic E-state index is -0.554. The first kappa shape index (κ1) is 18.5. The predicted molar refractivity (Wildman–Crippen MR) is 114 cm³/mol. The summed E-state index contributed by atoms with van der Waals surface area (Å²) in [5.74, 6) is 0.612. The number of benzene rings is 3. The molecule has 0 saturated heterocycles. The predicted octanol–water partition coefficient (Wildman–Crippen LogP) is 5.36. The van der Waals surface area contributed by atoms with Gasteiger partial charge in [0.25, 0.3) is 5.91 Å². The summed E-state index contributed by atoms with van der Waals surface area (Å²) in [4.78, 5) is 12.6. The van der Waals surface area contributed by atoms with E-state index in [0.29, 0.717) is 5.75 Å². The third-order valence-corrected chi connectivity index (χ3v) is 5.63. The number of rotatable bonds is 5. The van der Waals surface area contributed by atoms with Crippen LogP contribution in [0.15, 0.2) is 60.7 Å². The molecule has 0 fully saturated rings. The maximum absolute atomic E-state index is 12.6. The number of ether oxygens (including phenoxy) is 1. The van der Waals surface area contributed by atoms with Crippen molar-refractivity contribution in [2.75, 3.05) is 0 Å². The minimum absolute atomic E-state index is 0.0395. The summed E-state index contributed by atoms with van der Waals surface area (Å²) < 4.78 is 5.90. The largest absolute Gasteiger partial charge is 0.481 e. The molecule has 0 spiro atoms. The van der Waals surface area contributed by atoms with Gasteiger partial charge in [0.05, 0.1) is 6.04 Å². The van der Waals surface area contributed by atoms with Gasteiger partial charge in [-0.1, -0.05) is 48.5 Å². The molecule has 0 unspecified atom stereocenters. The van der Waals surface area contributed by atoms with Crippen LogP contribution in [0.5, 0.6) is 5.75 Å². The van der Waals surface area contributed by atoms with Crippen LogP contribution in [-0.2, 0) is 17.6 Å². The summed E-state index contributed by atoms with van der Waals surface area (Å²) in [7, 11) is 0. The molecule has 1 aliphatic rings. The van der Waals surface area contributed by atoms with E-state index in [0.717, 1.165) is 22.8 Å². The molecule has 0 saturated carbocycles. The number of fused-ring (bicyclic) bond motifs is 2. The highest BCUT2D eigenvalue weighted by Gasteiger charge is 2.19. The number of aryl methyl sites for hydroxylation is 2. The summed E-state index contributed by atoms with van der Waals surface area (Å²) in [5.41, 5.74) is 4.05. The molecule has 28 heavy (non-hydrogen) atoms. The number of hydrogen-bond acceptors (Lipinski definition) is 2. The maximum Gasteiger partial charge on any atom is 0.261 e. The Morgan fingerprint density at radius 3 is 2.46 bits per heavy atom. The van der Waals surface area contributed by atoms with Crippen molar-refractivity contribution in [1.29, 1.82) is 0 Å². The van der Waals surface area contributed by atoms with Crippen molar-refractivity contribution in [3.63, 3.8) is 0 Å². The third kappa shape index (κ3) is 4.04. The highest BCUT2D eigenvalue weighted by atomic mass is 16.5. The molecule has 3 nitrogen and oxygen atoms in total. The number of hydrogen-bond donors (Lipinski definition) is 1. The zero-order valence-corrected chi connectivity index (χ0v) is 16.6. The first-order chi connectivity index (χ1) is 13.6. The van der Waals surface area contributed by atoms with Gasteiger partial charge in [0.15, 0.2) is 6.10 Å². The minimum Gasteiger partial charge on any atom is -0.481 e. The molecule has 1 amide bonds.